The van der Waals surface area contributed by atoms with Crippen LogP contribution in [0.1, 0.15) is 18.1 Å². The van der Waals surface area contributed by atoms with Crippen molar-refractivity contribution in [1.82, 2.24) is 14.8 Å². The second-order valence-corrected chi connectivity index (χ2v) is 8.04. The van der Waals surface area contributed by atoms with Crippen molar-refractivity contribution in [2.75, 3.05) is 19.0 Å². The highest BCUT2D eigenvalue weighted by molar-refractivity contribution is 7.99. The standard InChI is InChI=1S/C20H23N3O3S2/c1-4-23-19(17-6-5-11-27-17)21-22-20(23)28-13-18(24)26-10-9-25-16-12-14(2)7-8-15(16)3/h5-8,11-12H,4,9-10,13H2,1-3H3. The van der Waals surface area contributed by atoms with Crippen molar-refractivity contribution in [3.05, 3.63) is 46.8 Å². The molecule has 3 aromatic rings. The molecular weight excluding hydrogens is 394 g/mol. The fourth-order valence-corrected chi connectivity index (χ4v) is 4.12. The predicted octanol–water partition coefficient (Wildman–Crippen LogP) is 4.36. The number of hydrogen-bond acceptors (Lipinski definition) is 7. The second-order valence-electron chi connectivity index (χ2n) is 6.15. The number of hydrogen-bond donors (Lipinski definition) is 0. The average molecular weight is 418 g/mol. The van der Waals surface area contributed by atoms with Crippen molar-refractivity contribution in [2.45, 2.75) is 32.5 Å². The van der Waals surface area contributed by atoms with E-state index in [0.717, 1.165) is 39.3 Å². The number of thioether (sulfide) groups is 1. The Labute approximate surface area is 172 Å². The molecular formula is C20H23N3O3S2. The van der Waals surface area contributed by atoms with Crippen LogP contribution in [0.2, 0.25) is 0 Å². The summed E-state index contributed by atoms with van der Waals surface area (Å²) in [6, 6.07) is 10.0. The van der Waals surface area contributed by atoms with Gasteiger partial charge in [-0.15, -0.1) is 21.5 Å². The molecule has 28 heavy (non-hydrogen) atoms. The zero-order valence-corrected chi connectivity index (χ0v) is 17.8. The largest absolute Gasteiger partial charge is 0.490 e. The molecule has 0 radical (unpaired) electrons. The van der Waals surface area contributed by atoms with E-state index in [1.165, 1.54) is 11.8 Å². The van der Waals surface area contributed by atoms with E-state index in [1.54, 1.807) is 11.3 Å². The molecule has 0 fully saturated rings. The molecule has 1 aromatic carbocycles. The first kappa shape index (κ1) is 20.4. The van der Waals surface area contributed by atoms with Crippen molar-refractivity contribution in [2.24, 2.45) is 0 Å². The van der Waals surface area contributed by atoms with Crippen molar-refractivity contribution < 1.29 is 14.3 Å². The van der Waals surface area contributed by atoms with E-state index in [1.807, 2.05) is 61.1 Å². The van der Waals surface area contributed by atoms with Crippen LogP contribution < -0.4 is 4.74 Å². The quantitative estimate of drug-likeness (QED) is 0.293. The van der Waals surface area contributed by atoms with Gasteiger partial charge in [0.15, 0.2) is 11.0 Å². The fourth-order valence-electron chi connectivity index (χ4n) is 2.60. The number of thiophene rings is 1. The van der Waals surface area contributed by atoms with E-state index in [-0.39, 0.29) is 18.3 Å². The number of aromatic nitrogens is 3. The zero-order chi connectivity index (χ0) is 19.9. The van der Waals surface area contributed by atoms with Crippen LogP contribution in [-0.2, 0) is 16.1 Å². The molecule has 0 amide bonds. The van der Waals surface area contributed by atoms with Crippen molar-refractivity contribution in [3.63, 3.8) is 0 Å². The van der Waals surface area contributed by atoms with Gasteiger partial charge in [0.25, 0.3) is 0 Å². The van der Waals surface area contributed by atoms with E-state index in [4.69, 9.17) is 9.47 Å². The number of esters is 1. The van der Waals surface area contributed by atoms with Crippen LogP contribution in [0.3, 0.4) is 0 Å². The predicted molar refractivity (Wildman–Crippen MR) is 112 cm³/mol. The molecule has 0 saturated carbocycles. The number of ether oxygens (including phenoxy) is 2. The summed E-state index contributed by atoms with van der Waals surface area (Å²) in [7, 11) is 0. The minimum atomic E-state index is -0.294. The van der Waals surface area contributed by atoms with Gasteiger partial charge < -0.3 is 14.0 Å². The Morgan fingerprint density at radius 1 is 1.21 bits per heavy atom. The molecule has 0 unspecified atom stereocenters. The summed E-state index contributed by atoms with van der Waals surface area (Å²) in [5, 5.41) is 11.2. The van der Waals surface area contributed by atoms with Gasteiger partial charge in [0.1, 0.15) is 19.0 Å². The molecule has 0 atom stereocenters. The van der Waals surface area contributed by atoms with E-state index >= 15 is 0 Å². The molecule has 0 aliphatic rings. The Morgan fingerprint density at radius 2 is 2.07 bits per heavy atom. The Hall–Kier alpha value is -2.32. The van der Waals surface area contributed by atoms with Crippen LogP contribution in [0.4, 0.5) is 0 Å². The van der Waals surface area contributed by atoms with Gasteiger partial charge in [0.05, 0.1) is 10.6 Å². The minimum Gasteiger partial charge on any atom is -0.490 e. The number of nitrogens with zero attached hydrogens (tertiary/aromatic N) is 3. The Balaban J connectivity index is 1.45. The smallest absolute Gasteiger partial charge is 0.316 e. The van der Waals surface area contributed by atoms with E-state index in [9.17, 15) is 4.79 Å². The summed E-state index contributed by atoms with van der Waals surface area (Å²) < 4.78 is 13.0. The molecule has 0 bridgehead atoms. The van der Waals surface area contributed by atoms with E-state index in [2.05, 4.69) is 10.2 Å². The molecule has 0 aliphatic heterocycles. The number of carbonyl (C=O) groups excluding carboxylic acids is 1. The van der Waals surface area contributed by atoms with Crippen LogP contribution in [-0.4, -0.2) is 39.7 Å². The third-order valence-electron chi connectivity index (χ3n) is 4.04. The van der Waals surface area contributed by atoms with Gasteiger partial charge >= 0.3 is 5.97 Å². The zero-order valence-electron chi connectivity index (χ0n) is 16.2. The van der Waals surface area contributed by atoms with Crippen molar-refractivity contribution >= 4 is 29.1 Å². The molecule has 3 rings (SSSR count). The second kappa shape index (κ2) is 9.75. The molecule has 8 heteroatoms. The Bertz CT molecular complexity index is 923. The van der Waals surface area contributed by atoms with Crippen LogP contribution in [0, 0.1) is 13.8 Å². The normalized spacial score (nSPS) is 10.8. The molecule has 2 heterocycles. The fraction of sp³-hybridized carbons (Fsp3) is 0.350. The molecule has 0 saturated heterocycles. The van der Waals surface area contributed by atoms with Gasteiger partial charge in [-0.25, -0.2) is 0 Å². The van der Waals surface area contributed by atoms with E-state index < -0.39 is 0 Å². The first-order chi connectivity index (χ1) is 13.6. The molecule has 0 spiro atoms. The topological polar surface area (TPSA) is 66.2 Å². The van der Waals surface area contributed by atoms with Gasteiger partial charge in [-0.2, -0.15) is 0 Å². The van der Waals surface area contributed by atoms with Gasteiger partial charge in [-0.3, -0.25) is 4.79 Å². The number of rotatable bonds is 9. The average Bonchev–Trinajstić information content (AvgIpc) is 3.35. The lowest BCUT2D eigenvalue weighted by Gasteiger charge is -2.10. The lowest BCUT2D eigenvalue weighted by molar-refractivity contribution is -0.141. The minimum absolute atomic E-state index is 0.187. The summed E-state index contributed by atoms with van der Waals surface area (Å²) in [5.74, 6) is 1.54. The van der Waals surface area contributed by atoms with Crippen molar-refractivity contribution in [1.29, 1.82) is 0 Å². The van der Waals surface area contributed by atoms with Crippen LogP contribution in [0.15, 0.2) is 40.9 Å². The highest BCUT2D eigenvalue weighted by Gasteiger charge is 2.15. The Morgan fingerprint density at radius 3 is 2.82 bits per heavy atom. The summed E-state index contributed by atoms with van der Waals surface area (Å²) in [5.41, 5.74) is 2.20. The molecule has 0 aliphatic carbocycles. The third kappa shape index (κ3) is 5.14. The summed E-state index contributed by atoms with van der Waals surface area (Å²) in [6.07, 6.45) is 0. The number of carbonyl (C=O) groups is 1. The van der Waals surface area contributed by atoms with Crippen LogP contribution in [0.5, 0.6) is 5.75 Å². The van der Waals surface area contributed by atoms with Crippen molar-refractivity contribution in [3.8, 4) is 16.5 Å². The van der Waals surface area contributed by atoms with Gasteiger partial charge in [0.2, 0.25) is 0 Å². The highest BCUT2D eigenvalue weighted by Crippen LogP contribution is 2.27. The summed E-state index contributed by atoms with van der Waals surface area (Å²) in [6.45, 7) is 7.32. The van der Waals surface area contributed by atoms with Gasteiger partial charge in [0, 0.05) is 6.54 Å². The highest BCUT2D eigenvalue weighted by atomic mass is 32.2. The Kier molecular flexibility index (Phi) is 7.11. The van der Waals surface area contributed by atoms with E-state index in [0.29, 0.717) is 6.61 Å². The SMILES string of the molecule is CCn1c(SCC(=O)OCCOc2cc(C)ccc2C)nnc1-c1cccs1. The van der Waals surface area contributed by atoms with Crippen LogP contribution >= 0.6 is 23.1 Å². The molecule has 148 valence electrons. The maximum atomic E-state index is 12.0. The molecule has 6 nitrogen and oxygen atoms in total. The first-order valence-electron chi connectivity index (χ1n) is 9.04. The summed E-state index contributed by atoms with van der Waals surface area (Å²) >= 11 is 2.95. The maximum absolute atomic E-state index is 12.0. The molecule has 2 aromatic heterocycles. The van der Waals surface area contributed by atoms with Crippen LogP contribution in [0.25, 0.3) is 10.7 Å². The number of aryl methyl sites for hydroxylation is 2. The lowest BCUT2D eigenvalue weighted by atomic mass is 10.1. The number of benzene rings is 1. The summed E-state index contributed by atoms with van der Waals surface area (Å²) in [4.78, 5) is 13.1. The maximum Gasteiger partial charge on any atom is 0.316 e. The third-order valence-corrected chi connectivity index (χ3v) is 5.85. The first-order valence-corrected chi connectivity index (χ1v) is 10.9. The lowest BCUT2D eigenvalue weighted by Crippen LogP contribution is -2.14. The van der Waals surface area contributed by atoms with Gasteiger partial charge in [-0.05, 0) is 49.4 Å². The van der Waals surface area contributed by atoms with Gasteiger partial charge in [-0.1, -0.05) is 30.0 Å². The molecule has 0 N–H and O–H groups in total. The monoisotopic (exact) mass is 417 g/mol.